The summed E-state index contributed by atoms with van der Waals surface area (Å²) >= 11 is 3.46. The number of nitrogens with two attached hydrogens (primary N) is 1. The number of nitrogens with one attached hydrogen (secondary N) is 1. The molecule has 1 aromatic carbocycles. The van der Waals surface area contributed by atoms with Crippen LogP contribution in [0.1, 0.15) is 29.3 Å². The summed E-state index contributed by atoms with van der Waals surface area (Å²) in [5, 5.41) is 3.21. The van der Waals surface area contributed by atoms with Gasteiger partial charge in [0.15, 0.2) is 5.43 Å². The quantitative estimate of drug-likeness (QED) is 0.337. The predicted molar refractivity (Wildman–Crippen MR) is 129 cm³/mol. The number of alkyl halides is 4. The zero-order valence-electron chi connectivity index (χ0n) is 17.9. The van der Waals surface area contributed by atoms with E-state index in [0.29, 0.717) is 35.0 Å². The maximum absolute atomic E-state index is 14.6. The van der Waals surface area contributed by atoms with E-state index in [1.807, 2.05) is 0 Å². The molecule has 9 heteroatoms. The molecule has 1 aliphatic heterocycles. The molecule has 0 radical (unpaired) electrons. The standard InChI is InChI=1S/C24H24BrF3N4O/c1-2-6-16-17-10-9-15(13-25)32(17)21-18(22(16)33)20(14-7-4-3-5-8-14)31-23(30-12-11-29)19(21)24(26,27)28/h2-5,7-8,15H,1,6,9-13,29H2,(H,30,31). The highest BCUT2D eigenvalue weighted by Crippen LogP contribution is 2.44. The van der Waals surface area contributed by atoms with Crippen LogP contribution in [0, 0.1) is 0 Å². The van der Waals surface area contributed by atoms with Crippen molar-refractivity contribution in [2.45, 2.75) is 31.5 Å². The molecule has 1 unspecified atom stereocenters. The highest BCUT2D eigenvalue weighted by Gasteiger charge is 2.41. The van der Waals surface area contributed by atoms with Crippen molar-refractivity contribution in [2.75, 3.05) is 23.7 Å². The third-order valence-electron chi connectivity index (χ3n) is 5.93. The van der Waals surface area contributed by atoms with Crippen LogP contribution in [0.15, 0.2) is 47.8 Å². The van der Waals surface area contributed by atoms with E-state index in [9.17, 15) is 18.0 Å². The predicted octanol–water partition coefficient (Wildman–Crippen LogP) is 5.06. The van der Waals surface area contributed by atoms with Gasteiger partial charge in [-0.1, -0.05) is 52.3 Å². The summed E-state index contributed by atoms with van der Waals surface area (Å²) in [5.41, 5.74) is 6.01. The van der Waals surface area contributed by atoms with E-state index < -0.39 is 17.2 Å². The fourth-order valence-electron chi connectivity index (χ4n) is 4.59. The van der Waals surface area contributed by atoms with Gasteiger partial charge in [-0.3, -0.25) is 4.79 Å². The minimum Gasteiger partial charge on any atom is -0.368 e. The summed E-state index contributed by atoms with van der Waals surface area (Å²) < 4.78 is 45.4. The summed E-state index contributed by atoms with van der Waals surface area (Å²) in [6.45, 7) is 4.00. The third kappa shape index (κ3) is 4.08. The molecule has 4 rings (SSSR count). The summed E-state index contributed by atoms with van der Waals surface area (Å²) in [4.78, 5) is 18.1. The Morgan fingerprint density at radius 1 is 1.30 bits per heavy atom. The number of fused-ring (bicyclic) bond motifs is 3. The van der Waals surface area contributed by atoms with Crippen molar-refractivity contribution in [1.29, 1.82) is 0 Å². The molecule has 3 N–H and O–H groups in total. The van der Waals surface area contributed by atoms with Crippen molar-refractivity contribution >= 4 is 32.7 Å². The Balaban J connectivity index is 2.27. The van der Waals surface area contributed by atoms with Gasteiger partial charge in [0.1, 0.15) is 11.4 Å². The van der Waals surface area contributed by atoms with Crippen LogP contribution in [-0.2, 0) is 19.0 Å². The molecule has 0 fully saturated rings. The number of halogens is 4. The van der Waals surface area contributed by atoms with Gasteiger partial charge in [-0.15, -0.1) is 6.58 Å². The molecule has 0 saturated heterocycles. The van der Waals surface area contributed by atoms with Crippen molar-refractivity contribution in [3.05, 3.63) is 70.0 Å². The zero-order valence-corrected chi connectivity index (χ0v) is 19.5. The minimum absolute atomic E-state index is 0.0136. The first kappa shape index (κ1) is 23.5. The van der Waals surface area contributed by atoms with Crippen molar-refractivity contribution in [2.24, 2.45) is 5.73 Å². The van der Waals surface area contributed by atoms with E-state index in [4.69, 9.17) is 5.73 Å². The normalized spacial score (nSPS) is 15.6. The molecule has 1 atom stereocenters. The van der Waals surface area contributed by atoms with Crippen molar-refractivity contribution < 1.29 is 13.2 Å². The lowest BCUT2D eigenvalue weighted by Crippen LogP contribution is -2.25. The van der Waals surface area contributed by atoms with Crippen molar-refractivity contribution in [3.8, 4) is 11.3 Å². The van der Waals surface area contributed by atoms with Crippen molar-refractivity contribution in [3.63, 3.8) is 0 Å². The van der Waals surface area contributed by atoms with Crippen LogP contribution in [-0.4, -0.2) is 28.0 Å². The van der Waals surface area contributed by atoms with E-state index >= 15 is 0 Å². The third-order valence-corrected chi connectivity index (χ3v) is 6.67. The van der Waals surface area contributed by atoms with E-state index in [2.05, 4.69) is 32.8 Å². The second-order valence-electron chi connectivity index (χ2n) is 7.95. The second-order valence-corrected chi connectivity index (χ2v) is 8.60. The molecule has 0 amide bonds. The molecule has 33 heavy (non-hydrogen) atoms. The number of hydrogen-bond donors (Lipinski definition) is 2. The van der Waals surface area contributed by atoms with Gasteiger partial charge in [-0.25, -0.2) is 4.98 Å². The van der Waals surface area contributed by atoms with Crippen LogP contribution in [0.25, 0.3) is 22.2 Å². The molecule has 0 aliphatic carbocycles. The first-order valence-corrected chi connectivity index (χ1v) is 11.8. The summed E-state index contributed by atoms with van der Waals surface area (Å²) in [6.07, 6.45) is -1.68. The van der Waals surface area contributed by atoms with E-state index in [1.165, 1.54) is 0 Å². The average molecular weight is 521 g/mol. The highest BCUT2D eigenvalue weighted by atomic mass is 79.9. The Bertz CT molecular complexity index is 1260. The van der Waals surface area contributed by atoms with Gasteiger partial charge >= 0.3 is 6.18 Å². The number of aromatic nitrogens is 2. The molecule has 3 aromatic rings. The van der Waals surface area contributed by atoms with Gasteiger partial charge in [-0.05, 0) is 19.3 Å². The van der Waals surface area contributed by atoms with Crippen LogP contribution < -0.4 is 16.5 Å². The van der Waals surface area contributed by atoms with Crippen LogP contribution in [0.5, 0.6) is 0 Å². The zero-order chi connectivity index (χ0) is 23.8. The van der Waals surface area contributed by atoms with Gasteiger partial charge in [0, 0.05) is 41.3 Å². The fraction of sp³-hybridized carbons (Fsp3) is 0.333. The number of pyridine rings is 2. The molecule has 5 nitrogen and oxygen atoms in total. The second kappa shape index (κ2) is 9.30. The lowest BCUT2D eigenvalue weighted by atomic mass is 9.98. The Morgan fingerprint density at radius 3 is 2.64 bits per heavy atom. The Kier molecular flexibility index (Phi) is 6.63. The number of anilines is 1. The molecule has 0 bridgehead atoms. The summed E-state index contributed by atoms with van der Waals surface area (Å²) in [5.74, 6) is -0.315. The number of nitrogens with zero attached hydrogens (tertiary/aromatic N) is 2. The first-order chi connectivity index (χ1) is 15.8. The van der Waals surface area contributed by atoms with Gasteiger partial charge in [0.05, 0.1) is 16.6 Å². The molecule has 0 saturated carbocycles. The van der Waals surface area contributed by atoms with Gasteiger partial charge in [0.2, 0.25) is 0 Å². The van der Waals surface area contributed by atoms with Gasteiger partial charge in [-0.2, -0.15) is 13.2 Å². The molecular formula is C24H24BrF3N4O. The minimum atomic E-state index is -4.73. The number of rotatable bonds is 7. The monoisotopic (exact) mass is 520 g/mol. The van der Waals surface area contributed by atoms with Crippen LogP contribution in [0.2, 0.25) is 0 Å². The molecule has 0 spiro atoms. The number of allylic oxidation sites excluding steroid dienone is 1. The Morgan fingerprint density at radius 2 is 2.03 bits per heavy atom. The molecular weight excluding hydrogens is 497 g/mol. The van der Waals surface area contributed by atoms with Crippen LogP contribution in [0.4, 0.5) is 19.0 Å². The van der Waals surface area contributed by atoms with E-state index in [1.54, 1.807) is 41.0 Å². The topological polar surface area (TPSA) is 72.9 Å². The SMILES string of the molecule is C=CCc1c2n(c3c(C(F)(F)F)c(NCCN)nc(-c4ccccc4)c3c1=O)C(CBr)CC2. The van der Waals surface area contributed by atoms with E-state index in [-0.39, 0.29) is 48.0 Å². The Labute approximate surface area is 197 Å². The van der Waals surface area contributed by atoms with Gasteiger partial charge in [0.25, 0.3) is 0 Å². The maximum atomic E-state index is 14.6. The lowest BCUT2D eigenvalue weighted by Gasteiger charge is -2.25. The fourth-order valence-corrected chi connectivity index (χ4v) is 5.20. The van der Waals surface area contributed by atoms with E-state index in [0.717, 1.165) is 0 Å². The smallest absolute Gasteiger partial charge is 0.368 e. The molecule has 2 aromatic heterocycles. The maximum Gasteiger partial charge on any atom is 0.421 e. The summed E-state index contributed by atoms with van der Waals surface area (Å²) in [6, 6.07) is 8.61. The lowest BCUT2D eigenvalue weighted by molar-refractivity contribution is -0.136. The molecule has 3 heterocycles. The summed E-state index contributed by atoms with van der Waals surface area (Å²) in [7, 11) is 0. The number of benzene rings is 1. The van der Waals surface area contributed by atoms with Gasteiger partial charge < -0.3 is 15.6 Å². The van der Waals surface area contributed by atoms with Crippen LogP contribution in [0.3, 0.4) is 0 Å². The largest absolute Gasteiger partial charge is 0.421 e. The molecule has 174 valence electrons. The molecule has 1 aliphatic rings. The van der Waals surface area contributed by atoms with Crippen molar-refractivity contribution in [1.82, 2.24) is 9.55 Å². The first-order valence-electron chi connectivity index (χ1n) is 10.7. The average Bonchev–Trinajstić information content (AvgIpc) is 3.23. The van der Waals surface area contributed by atoms with Crippen LogP contribution >= 0.6 is 15.9 Å². The Hall–Kier alpha value is -2.65. The number of hydrogen-bond acceptors (Lipinski definition) is 4. The highest BCUT2D eigenvalue weighted by molar-refractivity contribution is 9.09.